The summed E-state index contributed by atoms with van der Waals surface area (Å²) >= 11 is 0. The Morgan fingerprint density at radius 3 is 2.63 bits per heavy atom. The molecule has 4 rings (SSSR count). The number of aliphatic carboxylic acids is 1. The number of hydrogen-bond acceptors (Lipinski definition) is 5. The fourth-order valence-corrected chi connectivity index (χ4v) is 3.52. The minimum atomic E-state index is -1.19. The lowest BCUT2D eigenvalue weighted by Gasteiger charge is -2.38. The number of nitrogens with zero attached hydrogens (tertiary/aromatic N) is 3. The molecule has 27 heavy (non-hydrogen) atoms. The summed E-state index contributed by atoms with van der Waals surface area (Å²) in [5.41, 5.74) is 0.849. The van der Waals surface area contributed by atoms with Crippen LogP contribution in [0.5, 0.6) is 5.75 Å². The molecule has 3 aromatic rings. The second-order valence-electron chi connectivity index (χ2n) is 6.89. The largest absolute Gasteiger partial charge is 0.478 e. The monoisotopic (exact) mass is 363 g/mol. The Balaban J connectivity index is 1.48. The zero-order chi connectivity index (χ0) is 18.7. The van der Waals surface area contributed by atoms with Gasteiger partial charge in [-0.3, -0.25) is 14.9 Å². The molecule has 6 heteroatoms. The van der Waals surface area contributed by atoms with Gasteiger partial charge in [0.2, 0.25) is 5.60 Å². The number of carboxylic acids is 1. The first-order chi connectivity index (χ1) is 13.1. The average Bonchev–Trinajstić information content (AvgIpc) is 2.70. The van der Waals surface area contributed by atoms with Crippen molar-refractivity contribution in [3.63, 3.8) is 0 Å². The Bertz CT molecular complexity index is 938. The summed E-state index contributed by atoms with van der Waals surface area (Å²) < 4.78 is 6.05. The topological polar surface area (TPSA) is 75.6 Å². The van der Waals surface area contributed by atoms with Crippen LogP contribution in [-0.4, -0.2) is 44.6 Å². The van der Waals surface area contributed by atoms with Crippen LogP contribution >= 0.6 is 0 Å². The lowest BCUT2D eigenvalue weighted by atomic mass is 9.90. The minimum Gasteiger partial charge on any atom is -0.478 e. The number of fused-ring (bicyclic) bond motifs is 1. The lowest BCUT2D eigenvalue weighted by Crippen LogP contribution is -2.53. The summed E-state index contributed by atoms with van der Waals surface area (Å²) in [7, 11) is 0. The van der Waals surface area contributed by atoms with Gasteiger partial charge in [0.15, 0.2) is 0 Å². The number of benzene rings is 1. The smallest absolute Gasteiger partial charge is 0.348 e. The van der Waals surface area contributed by atoms with Crippen LogP contribution in [0.1, 0.15) is 18.4 Å². The maximum atomic E-state index is 12.0. The van der Waals surface area contributed by atoms with Crippen LogP contribution in [0.25, 0.3) is 10.9 Å². The van der Waals surface area contributed by atoms with E-state index in [4.69, 9.17) is 4.74 Å². The van der Waals surface area contributed by atoms with Crippen molar-refractivity contribution in [1.29, 1.82) is 0 Å². The number of piperidine rings is 1. The molecule has 1 aromatic carbocycles. The van der Waals surface area contributed by atoms with Gasteiger partial charge in [0.25, 0.3) is 0 Å². The van der Waals surface area contributed by atoms with Gasteiger partial charge < -0.3 is 9.84 Å². The highest BCUT2D eigenvalue weighted by Crippen LogP contribution is 2.31. The zero-order valence-corrected chi connectivity index (χ0v) is 14.9. The molecule has 6 nitrogen and oxygen atoms in total. The third kappa shape index (κ3) is 3.75. The fourth-order valence-electron chi connectivity index (χ4n) is 3.52. The molecule has 1 saturated heterocycles. The highest BCUT2D eigenvalue weighted by molar-refractivity contribution is 5.81. The Morgan fingerprint density at radius 1 is 1.11 bits per heavy atom. The molecular weight excluding hydrogens is 342 g/mol. The van der Waals surface area contributed by atoms with E-state index in [0.29, 0.717) is 31.7 Å². The van der Waals surface area contributed by atoms with Gasteiger partial charge in [-0.05, 0) is 42.0 Å². The summed E-state index contributed by atoms with van der Waals surface area (Å²) in [6.45, 7) is 2.13. The Hall–Kier alpha value is -2.99. The molecule has 0 aliphatic carbocycles. The zero-order valence-electron chi connectivity index (χ0n) is 14.9. The predicted octanol–water partition coefficient (Wildman–Crippen LogP) is 3.13. The van der Waals surface area contributed by atoms with Crippen molar-refractivity contribution in [2.75, 3.05) is 13.1 Å². The van der Waals surface area contributed by atoms with Crippen LogP contribution in [0.15, 0.2) is 61.1 Å². The van der Waals surface area contributed by atoms with Gasteiger partial charge in [0.1, 0.15) is 5.75 Å². The Kier molecular flexibility index (Phi) is 4.73. The standard InChI is InChI=1S/C21H21N3O3/c25-20(26)21(27-18-3-4-19-17(14-18)2-1-9-23-19)7-12-24(13-8-21)15-16-5-10-22-11-6-16/h1-6,9-11,14H,7-8,12-13,15H2,(H,25,26). The summed E-state index contributed by atoms with van der Waals surface area (Å²) in [4.78, 5) is 22.6. The molecule has 0 spiro atoms. The van der Waals surface area contributed by atoms with Gasteiger partial charge >= 0.3 is 5.97 Å². The third-order valence-corrected chi connectivity index (χ3v) is 5.10. The van der Waals surface area contributed by atoms with Gasteiger partial charge in [-0.25, -0.2) is 4.79 Å². The molecule has 2 aromatic heterocycles. The molecular formula is C21H21N3O3. The predicted molar refractivity (Wildman–Crippen MR) is 101 cm³/mol. The van der Waals surface area contributed by atoms with E-state index in [0.717, 1.165) is 17.4 Å². The Morgan fingerprint density at radius 2 is 1.89 bits per heavy atom. The Labute approximate surface area is 157 Å². The van der Waals surface area contributed by atoms with Crippen LogP contribution in [0.3, 0.4) is 0 Å². The molecule has 1 aliphatic rings. The van der Waals surface area contributed by atoms with Crippen LogP contribution in [0.4, 0.5) is 0 Å². The number of carbonyl (C=O) groups is 1. The highest BCUT2D eigenvalue weighted by Gasteiger charge is 2.44. The quantitative estimate of drug-likeness (QED) is 0.751. The van der Waals surface area contributed by atoms with E-state index in [1.807, 2.05) is 36.4 Å². The van der Waals surface area contributed by atoms with E-state index in [1.165, 1.54) is 5.56 Å². The van der Waals surface area contributed by atoms with Crippen molar-refractivity contribution >= 4 is 16.9 Å². The first-order valence-electron chi connectivity index (χ1n) is 9.03. The second kappa shape index (κ2) is 7.32. The summed E-state index contributed by atoms with van der Waals surface area (Å²) in [6, 6.07) is 13.3. The first kappa shape index (κ1) is 17.4. The van der Waals surface area contributed by atoms with Crippen molar-refractivity contribution in [3.8, 4) is 5.75 Å². The number of pyridine rings is 2. The average molecular weight is 363 g/mol. The number of carboxylic acid groups (broad SMARTS) is 1. The van der Waals surface area contributed by atoms with Crippen molar-refractivity contribution in [1.82, 2.24) is 14.9 Å². The highest BCUT2D eigenvalue weighted by atomic mass is 16.5. The van der Waals surface area contributed by atoms with Crippen molar-refractivity contribution in [2.45, 2.75) is 25.0 Å². The number of aromatic nitrogens is 2. The van der Waals surface area contributed by atoms with Gasteiger partial charge in [-0.15, -0.1) is 0 Å². The van der Waals surface area contributed by atoms with E-state index in [1.54, 1.807) is 24.7 Å². The molecule has 0 atom stereocenters. The molecule has 3 heterocycles. The molecule has 138 valence electrons. The maximum Gasteiger partial charge on any atom is 0.348 e. The maximum absolute atomic E-state index is 12.0. The van der Waals surface area contributed by atoms with Gasteiger partial charge in [0.05, 0.1) is 5.52 Å². The van der Waals surface area contributed by atoms with Crippen LogP contribution in [-0.2, 0) is 11.3 Å². The number of rotatable bonds is 5. The molecule has 1 fully saturated rings. The van der Waals surface area contributed by atoms with Crippen LogP contribution in [0, 0.1) is 0 Å². The molecule has 0 amide bonds. The summed E-state index contributed by atoms with van der Waals surface area (Å²) in [5, 5.41) is 10.8. The summed E-state index contributed by atoms with van der Waals surface area (Å²) in [5.74, 6) is -0.335. The SMILES string of the molecule is O=C(O)C1(Oc2ccc3ncccc3c2)CCN(Cc2ccncc2)CC1. The van der Waals surface area contributed by atoms with E-state index in [9.17, 15) is 9.90 Å². The van der Waals surface area contributed by atoms with E-state index in [2.05, 4.69) is 14.9 Å². The van der Waals surface area contributed by atoms with Crippen molar-refractivity contribution < 1.29 is 14.6 Å². The minimum absolute atomic E-state index is 0.443. The molecule has 1 aliphatic heterocycles. The summed E-state index contributed by atoms with van der Waals surface area (Å²) in [6.07, 6.45) is 6.17. The van der Waals surface area contributed by atoms with Crippen molar-refractivity contribution in [3.05, 3.63) is 66.6 Å². The van der Waals surface area contributed by atoms with Crippen LogP contribution in [0.2, 0.25) is 0 Å². The number of hydrogen-bond donors (Lipinski definition) is 1. The molecule has 0 unspecified atom stereocenters. The number of ether oxygens (including phenoxy) is 1. The van der Waals surface area contributed by atoms with E-state index in [-0.39, 0.29) is 0 Å². The second-order valence-corrected chi connectivity index (χ2v) is 6.89. The van der Waals surface area contributed by atoms with Crippen molar-refractivity contribution in [2.24, 2.45) is 0 Å². The third-order valence-electron chi connectivity index (χ3n) is 5.10. The molecule has 0 saturated carbocycles. The fraction of sp³-hybridized carbons (Fsp3) is 0.286. The molecule has 1 N–H and O–H groups in total. The molecule has 0 radical (unpaired) electrons. The first-order valence-corrected chi connectivity index (χ1v) is 9.03. The van der Waals surface area contributed by atoms with Crippen LogP contribution < -0.4 is 4.74 Å². The molecule has 0 bridgehead atoms. The van der Waals surface area contributed by atoms with Gasteiger partial charge in [0, 0.05) is 56.5 Å². The lowest BCUT2D eigenvalue weighted by molar-refractivity contribution is -0.159. The van der Waals surface area contributed by atoms with Gasteiger partial charge in [-0.2, -0.15) is 0 Å². The van der Waals surface area contributed by atoms with E-state index < -0.39 is 11.6 Å². The number of likely N-dealkylation sites (tertiary alicyclic amines) is 1. The normalized spacial score (nSPS) is 16.9. The van der Waals surface area contributed by atoms with Gasteiger partial charge in [-0.1, -0.05) is 6.07 Å². The van der Waals surface area contributed by atoms with E-state index >= 15 is 0 Å².